The number of halogens is 2. The van der Waals surface area contributed by atoms with E-state index in [-0.39, 0.29) is 11.5 Å². The van der Waals surface area contributed by atoms with Crippen molar-refractivity contribution in [3.05, 3.63) is 21.6 Å². The minimum absolute atomic E-state index is 0.0623. The third-order valence-corrected chi connectivity index (χ3v) is 3.17. The smallest absolute Gasteiger partial charge is 0.159 e. The van der Waals surface area contributed by atoms with Gasteiger partial charge in [-0.25, -0.2) is 9.97 Å². The molecule has 0 saturated carbocycles. The van der Waals surface area contributed by atoms with E-state index in [1.807, 2.05) is 6.92 Å². The van der Waals surface area contributed by atoms with Gasteiger partial charge in [0.2, 0.25) is 0 Å². The van der Waals surface area contributed by atoms with Crippen molar-refractivity contribution in [3.63, 3.8) is 0 Å². The van der Waals surface area contributed by atoms with E-state index < -0.39 is 0 Å². The highest BCUT2D eigenvalue weighted by Gasteiger charge is 2.29. The Balaban J connectivity index is 3.06. The summed E-state index contributed by atoms with van der Waals surface area (Å²) < 4.78 is 6.38. The van der Waals surface area contributed by atoms with Crippen molar-refractivity contribution in [2.75, 3.05) is 6.61 Å². The molecule has 0 aliphatic heterocycles. The summed E-state index contributed by atoms with van der Waals surface area (Å²) in [6.07, 6.45) is 1.51. The summed E-state index contributed by atoms with van der Waals surface area (Å²) >= 11 is 9.22. The summed E-state index contributed by atoms with van der Waals surface area (Å²) in [5.74, 6) is 0.627. The van der Waals surface area contributed by atoms with Gasteiger partial charge in [0.1, 0.15) is 11.3 Å². The van der Waals surface area contributed by atoms with Crippen molar-refractivity contribution in [3.8, 4) is 0 Å². The Kier molecular flexibility index (Phi) is 4.71. The first-order chi connectivity index (χ1) is 7.36. The van der Waals surface area contributed by atoms with Crippen molar-refractivity contribution in [1.29, 1.82) is 0 Å². The molecule has 0 bridgehead atoms. The predicted molar refractivity (Wildman–Crippen MR) is 68.6 cm³/mol. The highest BCUT2D eigenvalue weighted by Crippen LogP contribution is 2.35. The lowest BCUT2D eigenvalue weighted by Crippen LogP contribution is -2.23. The Morgan fingerprint density at radius 3 is 2.56 bits per heavy atom. The molecule has 0 aliphatic carbocycles. The van der Waals surface area contributed by atoms with Crippen molar-refractivity contribution in [2.45, 2.75) is 33.8 Å². The Hall–Kier alpha value is -0.190. The zero-order chi connectivity index (χ0) is 12.3. The van der Waals surface area contributed by atoms with Crippen molar-refractivity contribution in [2.24, 2.45) is 5.41 Å². The van der Waals surface area contributed by atoms with Gasteiger partial charge in [-0.2, -0.15) is 0 Å². The van der Waals surface area contributed by atoms with Gasteiger partial charge in [-0.1, -0.05) is 32.4 Å². The maximum Gasteiger partial charge on any atom is 0.159 e. The second-order valence-corrected chi connectivity index (χ2v) is 5.78. The van der Waals surface area contributed by atoms with Crippen LogP contribution in [0.4, 0.5) is 0 Å². The molecule has 16 heavy (non-hydrogen) atoms. The van der Waals surface area contributed by atoms with Gasteiger partial charge in [0.15, 0.2) is 5.82 Å². The summed E-state index contributed by atoms with van der Waals surface area (Å²) in [5.41, 5.74) is -0.0623. The molecular formula is C11H16BrClN2O. The van der Waals surface area contributed by atoms with Crippen LogP contribution in [0.15, 0.2) is 10.7 Å². The minimum atomic E-state index is -0.150. The fourth-order valence-corrected chi connectivity index (χ4v) is 1.69. The van der Waals surface area contributed by atoms with Gasteiger partial charge in [0.25, 0.3) is 0 Å². The van der Waals surface area contributed by atoms with Crippen LogP contribution in [0.1, 0.15) is 39.6 Å². The molecule has 3 nitrogen and oxygen atoms in total. The van der Waals surface area contributed by atoms with Crippen LogP contribution in [0.3, 0.4) is 0 Å². The fraction of sp³-hybridized carbons (Fsp3) is 0.636. The van der Waals surface area contributed by atoms with Gasteiger partial charge >= 0.3 is 0 Å². The lowest BCUT2D eigenvalue weighted by atomic mass is 9.88. The topological polar surface area (TPSA) is 35.0 Å². The average molecular weight is 308 g/mol. The van der Waals surface area contributed by atoms with Gasteiger partial charge in [-0.3, -0.25) is 0 Å². The first kappa shape index (κ1) is 13.9. The van der Waals surface area contributed by atoms with Crippen LogP contribution >= 0.6 is 27.5 Å². The third-order valence-electron chi connectivity index (χ3n) is 2.07. The Morgan fingerprint density at radius 1 is 1.50 bits per heavy atom. The first-order valence-corrected chi connectivity index (χ1v) is 6.33. The quantitative estimate of drug-likeness (QED) is 0.791. The van der Waals surface area contributed by atoms with E-state index in [0.717, 1.165) is 0 Å². The molecule has 0 spiro atoms. The molecule has 90 valence electrons. The fourth-order valence-electron chi connectivity index (χ4n) is 1.36. The molecule has 1 aromatic rings. The number of rotatable bonds is 3. The molecular weight excluding hydrogens is 291 g/mol. The summed E-state index contributed by atoms with van der Waals surface area (Å²) in [4.78, 5) is 8.50. The van der Waals surface area contributed by atoms with E-state index in [9.17, 15) is 0 Å². The van der Waals surface area contributed by atoms with E-state index in [1.165, 1.54) is 0 Å². The Morgan fingerprint density at radius 2 is 2.12 bits per heavy atom. The zero-order valence-corrected chi connectivity index (χ0v) is 12.3. The average Bonchev–Trinajstić information content (AvgIpc) is 2.17. The van der Waals surface area contributed by atoms with Crippen LogP contribution in [0.5, 0.6) is 0 Å². The molecule has 1 aromatic heterocycles. The van der Waals surface area contributed by atoms with E-state index in [4.69, 9.17) is 16.3 Å². The molecule has 0 N–H and O–H groups in total. The molecule has 1 rings (SSSR count). The predicted octanol–water partition coefficient (Wildman–Crippen LogP) is 4.02. The maximum atomic E-state index is 5.95. The molecule has 0 aliphatic rings. The molecule has 0 aromatic carbocycles. The Bertz CT molecular complexity index is 365. The first-order valence-electron chi connectivity index (χ1n) is 5.15. The molecule has 1 unspecified atom stereocenters. The van der Waals surface area contributed by atoms with Crippen molar-refractivity contribution < 1.29 is 4.74 Å². The van der Waals surface area contributed by atoms with Gasteiger partial charge in [-0.05, 0) is 28.3 Å². The van der Waals surface area contributed by atoms with Crippen LogP contribution < -0.4 is 0 Å². The summed E-state index contributed by atoms with van der Waals surface area (Å²) in [5, 5.41) is 0.416. The molecule has 1 atom stereocenters. The highest BCUT2D eigenvalue weighted by molar-refractivity contribution is 9.10. The lowest BCUT2D eigenvalue weighted by molar-refractivity contribution is -0.0191. The second-order valence-electron chi connectivity index (χ2n) is 4.57. The Labute approximate surface area is 110 Å². The summed E-state index contributed by atoms with van der Waals surface area (Å²) in [6.45, 7) is 8.85. The third kappa shape index (κ3) is 3.40. The molecule has 0 radical (unpaired) electrons. The number of ether oxygens (including phenoxy) is 1. The van der Waals surface area contributed by atoms with E-state index in [0.29, 0.717) is 22.1 Å². The van der Waals surface area contributed by atoms with Gasteiger partial charge < -0.3 is 4.74 Å². The summed E-state index contributed by atoms with van der Waals surface area (Å²) in [7, 11) is 0. The summed E-state index contributed by atoms with van der Waals surface area (Å²) in [6, 6.07) is 0. The number of aromatic nitrogens is 2. The maximum absolute atomic E-state index is 5.95. The lowest BCUT2D eigenvalue weighted by Gasteiger charge is -2.29. The van der Waals surface area contributed by atoms with Crippen molar-refractivity contribution >= 4 is 27.5 Å². The van der Waals surface area contributed by atoms with Gasteiger partial charge in [0, 0.05) is 12.8 Å². The van der Waals surface area contributed by atoms with Crippen LogP contribution in [0.25, 0.3) is 0 Å². The van der Waals surface area contributed by atoms with Crippen LogP contribution in [-0.4, -0.2) is 16.6 Å². The normalized spacial score (nSPS) is 13.9. The highest BCUT2D eigenvalue weighted by atomic mass is 79.9. The molecule has 0 saturated heterocycles. The van der Waals surface area contributed by atoms with Gasteiger partial charge in [0.05, 0.1) is 4.47 Å². The number of hydrogen-bond donors (Lipinski definition) is 0. The molecule has 5 heteroatoms. The zero-order valence-electron chi connectivity index (χ0n) is 9.92. The second kappa shape index (κ2) is 5.43. The molecule has 0 amide bonds. The van der Waals surface area contributed by atoms with E-state index in [1.54, 1.807) is 6.20 Å². The SMILES string of the molecule is CCOC(c1ncc(Br)c(Cl)n1)C(C)(C)C. The molecule has 1 heterocycles. The largest absolute Gasteiger partial charge is 0.370 e. The van der Waals surface area contributed by atoms with Gasteiger partial charge in [-0.15, -0.1) is 0 Å². The minimum Gasteiger partial charge on any atom is -0.370 e. The van der Waals surface area contributed by atoms with E-state index >= 15 is 0 Å². The standard InChI is InChI=1S/C11H16BrClN2O/c1-5-16-8(11(2,3)4)10-14-6-7(12)9(13)15-10/h6,8H,5H2,1-4H3. The van der Waals surface area contributed by atoms with Crippen LogP contribution in [0, 0.1) is 5.41 Å². The number of hydrogen-bond acceptors (Lipinski definition) is 3. The van der Waals surface area contributed by atoms with Crippen LogP contribution in [0.2, 0.25) is 5.15 Å². The molecule has 0 fully saturated rings. The van der Waals surface area contributed by atoms with Crippen LogP contribution in [-0.2, 0) is 4.74 Å². The van der Waals surface area contributed by atoms with E-state index in [2.05, 4.69) is 46.7 Å². The number of nitrogens with zero attached hydrogens (tertiary/aromatic N) is 2. The monoisotopic (exact) mass is 306 g/mol. The van der Waals surface area contributed by atoms with Crippen molar-refractivity contribution in [1.82, 2.24) is 9.97 Å².